The normalized spacial score (nSPS) is 12.5. The smallest absolute Gasteiger partial charge is 0.104 e. The van der Waals surface area contributed by atoms with E-state index in [1.54, 1.807) is 11.3 Å². The largest absolute Gasteiger partial charge is 0.371 e. The van der Waals surface area contributed by atoms with Crippen LogP contribution in [0.4, 0.5) is 0 Å². The number of aromatic nitrogens is 1. The van der Waals surface area contributed by atoms with Gasteiger partial charge in [0.2, 0.25) is 0 Å². The predicted molar refractivity (Wildman–Crippen MR) is 74.6 cm³/mol. The van der Waals surface area contributed by atoms with Crippen LogP contribution in [0.1, 0.15) is 23.0 Å². The summed E-state index contributed by atoms with van der Waals surface area (Å²) in [7, 11) is 0. The number of ether oxygens (including phenoxy) is 1. The summed E-state index contributed by atoms with van der Waals surface area (Å²) in [4.78, 5) is 5.21. The lowest BCUT2D eigenvalue weighted by Crippen LogP contribution is -2.15. The highest BCUT2D eigenvalue weighted by molar-refractivity contribution is 7.10. The average Bonchev–Trinajstić information content (AvgIpc) is 2.94. The monoisotopic (exact) mass is 262 g/mol. The molecule has 0 bridgehead atoms. The first-order valence-electron chi connectivity index (χ1n) is 6.14. The van der Waals surface area contributed by atoms with Gasteiger partial charge in [0.1, 0.15) is 6.10 Å². The predicted octanol–water partition coefficient (Wildman–Crippen LogP) is 2.79. The Balaban J connectivity index is 1.71. The van der Waals surface area contributed by atoms with E-state index in [1.807, 2.05) is 30.6 Å². The Morgan fingerprint density at radius 1 is 1.28 bits per heavy atom. The van der Waals surface area contributed by atoms with E-state index in [1.165, 1.54) is 10.4 Å². The van der Waals surface area contributed by atoms with Gasteiger partial charge in [0.15, 0.2) is 0 Å². The minimum atomic E-state index is 0.0439. The highest BCUT2D eigenvalue weighted by atomic mass is 32.1. The van der Waals surface area contributed by atoms with Crippen molar-refractivity contribution >= 4 is 11.3 Å². The molecule has 2 N–H and O–H groups in total. The van der Waals surface area contributed by atoms with E-state index in [0.29, 0.717) is 6.54 Å². The van der Waals surface area contributed by atoms with Gasteiger partial charge in [-0.15, -0.1) is 11.3 Å². The molecule has 2 rings (SSSR count). The molecule has 3 nitrogen and oxygen atoms in total. The van der Waals surface area contributed by atoms with E-state index in [-0.39, 0.29) is 6.10 Å². The molecule has 0 fully saturated rings. The van der Waals surface area contributed by atoms with Crippen molar-refractivity contribution in [1.82, 2.24) is 4.98 Å². The Kier molecular flexibility index (Phi) is 5.33. The maximum Gasteiger partial charge on any atom is 0.104 e. The molecule has 0 saturated heterocycles. The molecule has 96 valence electrons. The number of nitrogens with two attached hydrogens (primary N) is 1. The quantitative estimate of drug-likeness (QED) is 0.781. The molecule has 2 aromatic heterocycles. The van der Waals surface area contributed by atoms with Crippen molar-refractivity contribution in [1.29, 1.82) is 0 Å². The van der Waals surface area contributed by atoms with Gasteiger partial charge in [-0.05, 0) is 42.0 Å². The van der Waals surface area contributed by atoms with Gasteiger partial charge in [0.25, 0.3) is 0 Å². The Hall–Kier alpha value is -1.23. The fourth-order valence-electron chi connectivity index (χ4n) is 1.79. The highest BCUT2D eigenvalue weighted by Crippen LogP contribution is 2.21. The van der Waals surface area contributed by atoms with Crippen molar-refractivity contribution in [3.8, 4) is 0 Å². The molecule has 0 aromatic carbocycles. The Morgan fingerprint density at radius 3 is 2.78 bits per heavy atom. The summed E-state index contributed by atoms with van der Waals surface area (Å²) in [5.74, 6) is 0. The van der Waals surface area contributed by atoms with Crippen molar-refractivity contribution < 1.29 is 4.74 Å². The van der Waals surface area contributed by atoms with Crippen LogP contribution in [0.15, 0.2) is 42.0 Å². The average molecular weight is 262 g/mol. The van der Waals surface area contributed by atoms with E-state index in [4.69, 9.17) is 10.5 Å². The second-order valence-corrected chi connectivity index (χ2v) is 5.05. The van der Waals surface area contributed by atoms with Gasteiger partial charge in [-0.1, -0.05) is 6.07 Å². The summed E-state index contributed by atoms with van der Waals surface area (Å²) < 4.78 is 5.83. The molecule has 4 heteroatoms. The zero-order valence-corrected chi connectivity index (χ0v) is 11.1. The third-order valence-electron chi connectivity index (χ3n) is 2.75. The zero-order chi connectivity index (χ0) is 12.6. The summed E-state index contributed by atoms with van der Waals surface area (Å²) in [6, 6.07) is 8.19. The van der Waals surface area contributed by atoms with E-state index in [0.717, 1.165) is 19.4 Å². The van der Waals surface area contributed by atoms with Gasteiger partial charge < -0.3 is 10.5 Å². The molecular weight excluding hydrogens is 244 g/mol. The first-order valence-corrected chi connectivity index (χ1v) is 7.02. The minimum Gasteiger partial charge on any atom is -0.371 e. The van der Waals surface area contributed by atoms with Crippen molar-refractivity contribution in [3.63, 3.8) is 0 Å². The molecule has 1 unspecified atom stereocenters. The van der Waals surface area contributed by atoms with Crippen LogP contribution >= 0.6 is 11.3 Å². The third-order valence-corrected chi connectivity index (χ3v) is 3.72. The van der Waals surface area contributed by atoms with Crippen molar-refractivity contribution in [2.24, 2.45) is 5.73 Å². The van der Waals surface area contributed by atoms with Gasteiger partial charge in [-0.25, -0.2) is 0 Å². The topological polar surface area (TPSA) is 48.1 Å². The summed E-state index contributed by atoms with van der Waals surface area (Å²) in [5.41, 5.74) is 7.03. The number of rotatable bonds is 7. The van der Waals surface area contributed by atoms with E-state index >= 15 is 0 Å². The minimum absolute atomic E-state index is 0.0439. The molecule has 0 spiro atoms. The van der Waals surface area contributed by atoms with Crippen LogP contribution in [0.2, 0.25) is 0 Å². The molecule has 18 heavy (non-hydrogen) atoms. The Bertz CT molecular complexity index is 430. The van der Waals surface area contributed by atoms with Gasteiger partial charge >= 0.3 is 0 Å². The molecular formula is C14H18N2OS. The lowest BCUT2D eigenvalue weighted by molar-refractivity contribution is 0.0595. The SMILES string of the molecule is NCC(OCCCc1ccncc1)c1cccs1. The third kappa shape index (κ3) is 3.91. The molecule has 0 radical (unpaired) electrons. The van der Waals surface area contributed by atoms with Crippen molar-refractivity contribution in [2.75, 3.05) is 13.2 Å². The Labute approximate surface area is 112 Å². The molecule has 0 saturated carbocycles. The van der Waals surface area contributed by atoms with Crippen molar-refractivity contribution in [3.05, 3.63) is 52.5 Å². The maximum absolute atomic E-state index is 5.83. The number of hydrogen-bond acceptors (Lipinski definition) is 4. The van der Waals surface area contributed by atoms with Gasteiger partial charge in [0, 0.05) is 30.4 Å². The summed E-state index contributed by atoms with van der Waals surface area (Å²) in [6.45, 7) is 1.28. The zero-order valence-electron chi connectivity index (χ0n) is 10.3. The number of hydrogen-bond donors (Lipinski definition) is 1. The number of thiophene rings is 1. The van der Waals surface area contributed by atoms with Crippen LogP contribution in [0.3, 0.4) is 0 Å². The number of pyridine rings is 1. The lowest BCUT2D eigenvalue weighted by Gasteiger charge is -2.14. The maximum atomic E-state index is 5.83. The molecule has 0 aliphatic heterocycles. The summed E-state index contributed by atoms with van der Waals surface area (Å²) in [5, 5.41) is 2.05. The lowest BCUT2D eigenvalue weighted by atomic mass is 10.1. The molecule has 2 heterocycles. The van der Waals surface area contributed by atoms with Gasteiger partial charge in [-0.3, -0.25) is 4.98 Å². The Morgan fingerprint density at radius 2 is 2.11 bits per heavy atom. The van der Waals surface area contributed by atoms with Crippen molar-refractivity contribution in [2.45, 2.75) is 18.9 Å². The fourth-order valence-corrected chi connectivity index (χ4v) is 2.58. The van der Waals surface area contributed by atoms with Gasteiger partial charge in [0.05, 0.1) is 0 Å². The molecule has 0 amide bonds. The van der Waals surface area contributed by atoms with Crippen LogP contribution < -0.4 is 5.73 Å². The highest BCUT2D eigenvalue weighted by Gasteiger charge is 2.10. The van der Waals surface area contributed by atoms with Crippen LogP contribution in [0.25, 0.3) is 0 Å². The van der Waals surface area contributed by atoms with Crippen LogP contribution in [-0.4, -0.2) is 18.1 Å². The van der Waals surface area contributed by atoms with Crippen LogP contribution in [-0.2, 0) is 11.2 Å². The summed E-state index contributed by atoms with van der Waals surface area (Å²) >= 11 is 1.70. The van der Waals surface area contributed by atoms with E-state index in [9.17, 15) is 0 Å². The number of nitrogens with zero attached hydrogens (tertiary/aromatic N) is 1. The fraction of sp³-hybridized carbons (Fsp3) is 0.357. The van der Waals surface area contributed by atoms with Crippen LogP contribution in [0, 0.1) is 0 Å². The molecule has 0 aliphatic rings. The second-order valence-electron chi connectivity index (χ2n) is 4.07. The molecule has 1 atom stereocenters. The number of aryl methyl sites for hydroxylation is 1. The van der Waals surface area contributed by atoms with Crippen LogP contribution in [0.5, 0.6) is 0 Å². The summed E-state index contributed by atoms with van der Waals surface area (Å²) in [6.07, 6.45) is 5.72. The molecule has 2 aromatic rings. The first-order chi connectivity index (χ1) is 8.90. The molecule has 0 aliphatic carbocycles. The standard InChI is InChI=1S/C14H18N2OS/c15-11-13(14-4-2-10-18-14)17-9-1-3-12-5-7-16-8-6-12/h2,4-8,10,13H,1,3,9,11,15H2. The second kappa shape index (κ2) is 7.26. The van der Waals surface area contributed by atoms with E-state index < -0.39 is 0 Å². The van der Waals surface area contributed by atoms with Gasteiger partial charge in [-0.2, -0.15) is 0 Å². The first kappa shape index (κ1) is 13.2. The van der Waals surface area contributed by atoms with E-state index in [2.05, 4.69) is 16.4 Å².